The third kappa shape index (κ3) is 2.93. The topological polar surface area (TPSA) is 0 Å². The second-order valence-corrected chi connectivity index (χ2v) is 6.92. The van der Waals surface area contributed by atoms with Gasteiger partial charge in [-0.1, -0.05) is 48.5 Å². The Hall–Kier alpha value is -0.860. The molecule has 1 atom stereocenters. The lowest BCUT2D eigenvalue weighted by molar-refractivity contribution is 0.970. The van der Waals surface area contributed by atoms with Crippen molar-refractivity contribution in [1.29, 1.82) is 0 Å². The highest BCUT2D eigenvalue weighted by Gasteiger charge is 2.21. The van der Waals surface area contributed by atoms with E-state index in [0.717, 1.165) is 11.0 Å². The molecule has 0 bridgehead atoms. The van der Waals surface area contributed by atoms with Gasteiger partial charge in [0.15, 0.2) is 0 Å². The van der Waals surface area contributed by atoms with Gasteiger partial charge in [0, 0.05) is 21.7 Å². The predicted molar refractivity (Wildman–Crippen MR) is 82.4 cm³/mol. The molecule has 92 valence electrons. The van der Waals surface area contributed by atoms with E-state index in [-0.39, 0.29) is 0 Å². The van der Waals surface area contributed by atoms with Crippen molar-refractivity contribution < 1.29 is 0 Å². The monoisotopic (exact) mass is 272 g/mol. The minimum absolute atomic E-state index is 0.760. The lowest BCUT2D eigenvalue weighted by Gasteiger charge is -2.07. The first-order valence-corrected chi connectivity index (χ1v) is 8.31. The lowest BCUT2D eigenvalue weighted by Crippen LogP contribution is -2.04. The summed E-state index contributed by atoms with van der Waals surface area (Å²) >= 11 is 4.10. The average Bonchev–Trinajstić information content (AvgIpc) is 2.82. The third-order valence-electron chi connectivity index (χ3n) is 3.13. The van der Waals surface area contributed by atoms with Crippen LogP contribution in [0.25, 0.3) is 0 Å². The van der Waals surface area contributed by atoms with Gasteiger partial charge in [0.1, 0.15) is 0 Å². The molecule has 2 aromatic carbocycles. The molecule has 2 heteroatoms. The first-order chi connectivity index (χ1) is 8.92. The molecule has 3 rings (SSSR count). The maximum Gasteiger partial charge on any atom is 0.0226 e. The molecule has 0 saturated heterocycles. The predicted octanol–water partition coefficient (Wildman–Crippen LogP) is 4.64. The standard InChI is InChI=1S/C16H16S2/c1-2-6-13(7-3-1)11-17-12-15-10-14-8-4-5-9-16(14)18-15/h1-9,15H,10-12H2. The van der Waals surface area contributed by atoms with Crippen LogP contribution in [-0.2, 0) is 12.2 Å². The summed E-state index contributed by atoms with van der Waals surface area (Å²) in [5.41, 5.74) is 2.97. The molecule has 0 amide bonds. The Morgan fingerprint density at radius 1 is 1.00 bits per heavy atom. The second kappa shape index (κ2) is 5.85. The Bertz CT molecular complexity index is 483. The molecule has 0 saturated carbocycles. The first-order valence-electron chi connectivity index (χ1n) is 6.28. The number of thioether (sulfide) groups is 2. The zero-order chi connectivity index (χ0) is 12.2. The summed E-state index contributed by atoms with van der Waals surface area (Å²) in [5.74, 6) is 2.38. The van der Waals surface area contributed by atoms with Crippen molar-refractivity contribution in [2.75, 3.05) is 5.75 Å². The Morgan fingerprint density at radius 2 is 1.78 bits per heavy atom. The smallest absolute Gasteiger partial charge is 0.0226 e. The fraction of sp³-hybridized carbons (Fsp3) is 0.250. The third-order valence-corrected chi connectivity index (χ3v) is 5.83. The molecular formula is C16H16S2. The van der Waals surface area contributed by atoms with Gasteiger partial charge >= 0.3 is 0 Å². The molecule has 1 unspecified atom stereocenters. The molecule has 0 aromatic heterocycles. The molecule has 0 spiro atoms. The van der Waals surface area contributed by atoms with Gasteiger partial charge < -0.3 is 0 Å². The van der Waals surface area contributed by atoms with E-state index in [2.05, 4.69) is 78.1 Å². The van der Waals surface area contributed by atoms with Crippen molar-refractivity contribution in [3.05, 3.63) is 65.7 Å². The van der Waals surface area contributed by atoms with E-state index >= 15 is 0 Å². The minimum Gasteiger partial charge on any atom is -0.156 e. The van der Waals surface area contributed by atoms with Crippen LogP contribution < -0.4 is 0 Å². The first kappa shape index (κ1) is 12.2. The van der Waals surface area contributed by atoms with Crippen molar-refractivity contribution in [1.82, 2.24) is 0 Å². The van der Waals surface area contributed by atoms with Crippen LogP contribution in [0.15, 0.2) is 59.5 Å². The van der Waals surface area contributed by atoms with E-state index in [1.165, 1.54) is 28.2 Å². The van der Waals surface area contributed by atoms with Crippen LogP contribution in [0.1, 0.15) is 11.1 Å². The largest absolute Gasteiger partial charge is 0.156 e. The van der Waals surface area contributed by atoms with Crippen molar-refractivity contribution in [3.63, 3.8) is 0 Å². The van der Waals surface area contributed by atoms with Crippen LogP contribution in [0.5, 0.6) is 0 Å². The molecule has 2 aromatic rings. The summed E-state index contributed by atoms with van der Waals surface area (Å²) in [6.45, 7) is 0. The maximum atomic E-state index is 2.27. The number of hydrogen-bond donors (Lipinski definition) is 0. The number of benzene rings is 2. The highest BCUT2D eigenvalue weighted by Crippen LogP contribution is 2.38. The van der Waals surface area contributed by atoms with Crippen LogP contribution >= 0.6 is 23.5 Å². The summed E-state index contributed by atoms with van der Waals surface area (Å²) in [4.78, 5) is 1.49. The average molecular weight is 272 g/mol. The molecule has 0 N–H and O–H groups in total. The fourth-order valence-corrected chi connectivity index (χ4v) is 4.80. The van der Waals surface area contributed by atoms with Crippen LogP contribution in [0, 0.1) is 0 Å². The van der Waals surface area contributed by atoms with Gasteiger partial charge in [0.2, 0.25) is 0 Å². The van der Waals surface area contributed by atoms with Gasteiger partial charge in [0.25, 0.3) is 0 Å². The van der Waals surface area contributed by atoms with Crippen LogP contribution in [0.2, 0.25) is 0 Å². The van der Waals surface area contributed by atoms with Gasteiger partial charge in [-0.05, 0) is 23.6 Å². The lowest BCUT2D eigenvalue weighted by atomic mass is 10.1. The number of rotatable bonds is 4. The van der Waals surface area contributed by atoms with Gasteiger partial charge in [-0.2, -0.15) is 11.8 Å². The van der Waals surface area contributed by atoms with Crippen LogP contribution in [-0.4, -0.2) is 11.0 Å². The van der Waals surface area contributed by atoms with Gasteiger partial charge in [0.05, 0.1) is 0 Å². The quantitative estimate of drug-likeness (QED) is 0.795. The SMILES string of the molecule is c1ccc(CSCC2Cc3ccccc3S2)cc1. The molecule has 0 nitrogen and oxygen atoms in total. The number of fused-ring (bicyclic) bond motifs is 1. The Balaban J connectivity index is 1.49. The Labute approximate surface area is 117 Å². The van der Waals surface area contributed by atoms with E-state index < -0.39 is 0 Å². The Kier molecular flexibility index (Phi) is 3.96. The minimum atomic E-state index is 0.760. The highest BCUT2D eigenvalue weighted by molar-refractivity contribution is 8.03. The van der Waals surface area contributed by atoms with Gasteiger partial charge in [-0.3, -0.25) is 0 Å². The fourth-order valence-electron chi connectivity index (χ4n) is 2.23. The van der Waals surface area contributed by atoms with E-state index in [0.29, 0.717) is 0 Å². The summed E-state index contributed by atoms with van der Waals surface area (Å²) < 4.78 is 0. The molecule has 1 aliphatic heterocycles. The summed E-state index contributed by atoms with van der Waals surface area (Å²) in [6.07, 6.45) is 1.24. The van der Waals surface area contributed by atoms with Crippen LogP contribution in [0.4, 0.5) is 0 Å². The molecule has 1 aliphatic rings. The summed E-state index contributed by atoms with van der Waals surface area (Å²) in [6, 6.07) is 19.6. The zero-order valence-electron chi connectivity index (χ0n) is 10.2. The molecule has 18 heavy (non-hydrogen) atoms. The highest BCUT2D eigenvalue weighted by atomic mass is 32.2. The summed E-state index contributed by atoms with van der Waals surface area (Å²) in [5, 5.41) is 0.760. The zero-order valence-corrected chi connectivity index (χ0v) is 11.8. The molecule has 0 radical (unpaired) electrons. The normalized spacial score (nSPS) is 17.7. The molecule has 0 aliphatic carbocycles. The van der Waals surface area contributed by atoms with Gasteiger partial charge in [-0.25, -0.2) is 0 Å². The van der Waals surface area contributed by atoms with E-state index in [9.17, 15) is 0 Å². The van der Waals surface area contributed by atoms with E-state index in [4.69, 9.17) is 0 Å². The van der Waals surface area contributed by atoms with Crippen molar-refractivity contribution in [2.24, 2.45) is 0 Å². The molecular weight excluding hydrogens is 256 g/mol. The van der Waals surface area contributed by atoms with Crippen molar-refractivity contribution in [3.8, 4) is 0 Å². The molecule has 1 heterocycles. The van der Waals surface area contributed by atoms with E-state index in [1.54, 1.807) is 0 Å². The second-order valence-electron chi connectivity index (χ2n) is 4.55. The Morgan fingerprint density at radius 3 is 2.61 bits per heavy atom. The van der Waals surface area contributed by atoms with E-state index in [1.807, 2.05) is 0 Å². The number of hydrogen-bond acceptors (Lipinski definition) is 2. The maximum absolute atomic E-state index is 2.27. The van der Waals surface area contributed by atoms with Crippen molar-refractivity contribution in [2.45, 2.75) is 22.3 Å². The van der Waals surface area contributed by atoms with Crippen molar-refractivity contribution >= 4 is 23.5 Å². The van der Waals surface area contributed by atoms with Gasteiger partial charge in [-0.15, -0.1) is 11.8 Å². The van der Waals surface area contributed by atoms with Crippen LogP contribution in [0.3, 0.4) is 0 Å². The molecule has 0 fully saturated rings. The summed E-state index contributed by atoms with van der Waals surface area (Å²) in [7, 11) is 0.